The van der Waals surface area contributed by atoms with E-state index in [0.717, 1.165) is 20.3 Å². The molecule has 0 saturated carbocycles. The van der Waals surface area contributed by atoms with E-state index in [1.165, 1.54) is 0 Å². The number of hydrogen-bond acceptors (Lipinski definition) is 2. The van der Waals surface area contributed by atoms with Gasteiger partial charge in [-0.25, -0.2) is 0 Å². The van der Waals surface area contributed by atoms with Gasteiger partial charge in [-0.2, -0.15) is 0 Å². The molecule has 0 bridgehead atoms. The van der Waals surface area contributed by atoms with E-state index >= 15 is 0 Å². The average molecular weight is 729 g/mol. The Bertz CT molecular complexity index is 1210. The Kier molecular flexibility index (Phi) is 17.9. The van der Waals surface area contributed by atoms with Crippen molar-refractivity contribution in [2.45, 2.75) is 130 Å². The minimum Gasteiger partial charge on any atom is -0.295 e. The number of benzene rings is 2. The molecule has 2 aromatic rings. The molecule has 0 aliphatic rings. The van der Waals surface area contributed by atoms with E-state index in [0.29, 0.717) is 33.2 Å². The van der Waals surface area contributed by atoms with Crippen molar-refractivity contribution in [2.24, 2.45) is 0 Å². The normalized spacial score (nSPS) is 11.4. The second-order valence-electron chi connectivity index (χ2n) is 13.4. The van der Waals surface area contributed by atoms with Gasteiger partial charge in [0.25, 0.3) is 0 Å². The minimum atomic E-state index is -1.67. The van der Waals surface area contributed by atoms with E-state index < -0.39 is 16.1 Å². The highest BCUT2D eigenvalue weighted by Gasteiger charge is 2.42. The Morgan fingerprint density at radius 3 is 1.12 bits per heavy atom. The van der Waals surface area contributed by atoms with Crippen molar-refractivity contribution >= 4 is 50.3 Å². The summed E-state index contributed by atoms with van der Waals surface area (Å²) in [6.07, 6.45) is 5.72. The summed E-state index contributed by atoms with van der Waals surface area (Å²) in [5, 5.41) is 0. The van der Waals surface area contributed by atoms with Gasteiger partial charge in [0.05, 0.1) is 0 Å². The van der Waals surface area contributed by atoms with Crippen LogP contribution in [0.2, 0.25) is 33.2 Å². The molecule has 0 fully saturated rings. The van der Waals surface area contributed by atoms with Gasteiger partial charge in [0.2, 0.25) is 0 Å². The molecule has 0 unspecified atom stereocenters. The van der Waals surface area contributed by atoms with Crippen LogP contribution in [0.3, 0.4) is 0 Å². The van der Waals surface area contributed by atoms with E-state index in [2.05, 4.69) is 123 Å². The molecule has 0 heterocycles. The van der Waals surface area contributed by atoms with Gasteiger partial charge >= 0.3 is 0 Å². The molecule has 2 nitrogen and oxygen atoms in total. The summed E-state index contributed by atoms with van der Waals surface area (Å²) >= 11 is 2.21. The summed E-state index contributed by atoms with van der Waals surface area (Å²) in [7, 11) is -3.15. The second kappa shape index (κ2) is 18.8. The Morgan fingerprint density at radius 1 is 0.581 bits per heavy atom. The maximum atomic E-state index is 11.3. The summed E-state index contributed by atoms with van der Waals surface area (Å²) in [5.74, 6) is 3.62. The Labute approximate surface area is 280 Å². The molecular formula is C38H57IO2Si2. The zero-order chi connectivity index (χ0) is 33.7. The number of rotatable bonds is 8. The first-order valence-electron chi connectivity index (χ1n) is 15.7. The zero-order valence-electron chi connectivity index (χ0n) is 29.4. The number of hydrogen-bond donors (Lipinski definition) is 0. The van der Waals surface area contributed by atoms with Crippen LogP contribution in [0.25, 0.3) is 0 Å². The summed E-state index contributed by atoms with van der Waals surface area (Å²) < 4.78 is 1.16. The van der Waals surface area contributed by atoms with Crippen LogP contribution in [0.5, 0.6) is 0 Å². The summed E-state index contributed by atoms with van der Waals surface area (Å²) in [6, 6.07) is 15.2. The Morgan fingerprint density at radius 2 is 0.884 bits per heavy atom. The molecule has 236 valence electrons. The van der Waals surface area contributed by atoms with Crippen LogP contribution < -0.4 is 0 Å². The molecule has 0 aliphatic heterocycles. The maximum absolute atomic E-state index is 11.3. The molecule has 0 aliphatic carbocycles. The first-order chi connectivity index (χ1) is 19.8. The number of terminal acetylenes is 1. The van der Waals surface area contributed by atoms with Gasteiger partial charge in [-0.05, 0) is 94.0 Å². The molecule has 0 saturated heterocycles. The monoisotopic (exact) mass is 728 g/mol. The number of carbonyl (C=O) groups is 2. The van der Waals surface area contributed by atoms with E-state index in [-0.39, 0.29) is 11.6 Å². The lowest BCUT2D eigenvalue weighted by molar-refractivity contribution is 0.100. The van der Waals surface area contributed by atoms with Crippen LogP contribution in [0, 0.1) is 27.0 Å². The highest BCUT2D eigenvalue weighted by atomic mass is 127. The molecule has 0 atom stereocenters. The third-order valence-electron chi connectivity index (χ3n) is 8.95. The van der Waals surface area contributed by atoms with Gasteiger partial charge in [-0.15, -0.1) is 17.5 Å². The topological polar surface area (TPSA) is 34.1 Å². The summed E-state index contributed by atoms with van der Waals surface area (Å²) in [4.78, 5) is 22.1. The number of ketones is 2. The van der Waals surface area contributed by atoms with Gasteiger partial charge in [-0.3, -0.25) is 9.59 Å². The molecule has 5 heteroatoms. The fourth-order valence-corrected chi connectivity index (χ4v) is 17.2. The highest BCUT2D eigenvalue weighted by molar-refractivity contribution is 14.1. The largest absolute Gasteiger partial charge is 0.295 e. The van der Waals surface area contributed by atoms with Crippen LogP contribution in [0.4, 0.5) is 0 Å². The lowest BCUT2D eigenvalue weighted by atomic mass is 10.1. The third-order valence-corrected chi connectivity index (χ3v) is 22.2. The van der Waals surface area contributed by atoms with Gasteiger partial charge < -0.3 is 0 Å². The van der Waals surface area contributed by atoms with Crippen LogP contribution in [-0.4, -0.2) is 27.7 Å². The number of carbonyl (C=O) groups excluding carboxylic acids is 2. The van der Waals surface area contributed by atoms with E-state index in [4.69, 9.17) is 6.42 Å². The molecular weight excluding hydrogens is 671 g/mol. The Balaban J connectivity index is 0.000000677. The quantitative estimate of drug-likeness (QED) is 0.117. The molecule has 43 heavy (non-hydrogen) atoms. The van der Waals surface area contributed by atoms with Gasteiger partial charge in [0.15, 0.2) is 11.6 Å². The Hall–Kier alpha value is -1.94. The maximum Gasteiger partial charge on any atom is 0.159 e. The first kappa shape index (κ1) is 41.1. The lowest BCUT2D eigenvalue weighted by Gasteiger charge is -2.38. The first-order valence-corrected chi connectivity index (χ1v) is 21.2. The van der Waals surface area contributed by atoms with Crippen molar-refractivity contribution in [1.82, 2.24) is 0 Å². The summed E-state index contributed by atoms with van der Waals surface area (Å²) in [6.45, 7) is 30.8. The van der Waals surface area contributed by atoms with Crippen LogP contribution in [0.1, 0.15) is 123 Å². The third kappa shape index (κ3) is 11.5. The molecule has 0 amide bonds. The molecule has 0 aromatic heterocycles. The van der Waals surface area contributed by atoms with Crippen molar-refractivity contribution in [2.75, 3.05) is 0 Å². The predicted molar refractivity (Wildman–Crippen MR) is 203 cm³/mol. The van der Waals surface area contributed by atoms with E-state index in [9.17, 15) is 9.59 Å². The number of Topliss-reactive ketones (excluding diaryl/α,β-unsaturated/α-hetero) is 2. The zero-order valence-corrected chi connectivity index (χ0v) is 33.5. The van der Waals surface area contributed by atoms with Gasteiger partial charge in [0, 0.05) is 20.3 Å². The highest BCUT2D eigenvalue weighted by Crippen LogP contribution is 2.41. The smallest absolute Gasteiger partial charge is 0.159 e. The van der Waals surface area contributed by atoms with Crippen molar-refractivity contribution in [3.8, 4) is 23.4 Å². The predicted octanol–water partition coefficient (Wildman–Crippen LogP) is 11.8. The molecule has 2 aromatic carbocycles. The number of halogens is 1. The molecule has 0 radical (unpaired) electrons. The van der Waals surface area contributed by atoms with E-state index in [1.807, 2.05) is 48.5 Å². The lowest BCUT2D eigenvalue weighted by Crippen LogP contribution is -2.43. The van der Waals surface area contributed by atoms with Crippen molar-refractivity contribution < 1.29 is 9.59 Å². The molecule has 0 N–H and O–H groups in total. The SMILES string of the molecule is C#C[Si](C(C)C)(C(C)C)C(C)C.CC(=O)c1ccc(C#C[Si](C(C)C)(C(C)C)C(C)C)cc1.CC(=O)c1ccc(I)cc1. The van der Waals surface area contributed by atoms with Gasteiger partial charge in [0.1, 0.15) is 16.1 Å². The minimum absolute atomic E-state index is 0.102. The van der Waals surface area contributed by atoms with Crippen LogP contribution >= 0.6 is 22.6 Å². The van der Waals surface area contributed by atoms with Crippen LogP contribution in [0.15, 0.2) is 48.5 Å². The van der Waals surface area contributed by atoms with Crippen molar-refractivity contribution in [3.63, 3.8) is 0 Å². The van der Waals surface area contributed by atoms with Crippen molar-refractivity contribution in [1.29, 1.82) is 0 Å². The van der Waals surface area contributed by atoms with Gasteiger partial charge in [-0.1, -0.05) is 113 Å². The summed E-state index contributed by atoms with van der Waals surface area (Å²) in [5.41, 5.74) is 13.4. The van der Waals surface area contributed by atoms with Crippen molar-refractivity contribution in [3.05, 3.63) is 68.8 Å². The standard InChI is InChI=1S/C19H28OSi.C11H22Si.C8H7IO/c1-14(2)21(15(3)4,16(5)6)13-12-18-8-10-19(11-9-18)17(7)20;1-8-12(9(2)3,10(4)5)11(6)7;1-6(10)7-2-4-8(9)5-3-7/h8-11,14-16H,1-7H3;1,9-11H,2-7H3;2-5H,1H3. The fraction of sp³-hybridized carbons (Fsp3) is 0.526. The van der Waals surface area contributed by atoms with E-state index in [1.54, 1.807) is 13.8 Å². The second-order valence-corrected chi connectivity index (χ2v) is 25.8. The average Bonchev–Trinajstić information content (AvgIpc) is 2.89. The fourth-order valence-electron chi connectivity index (χ4n) is 6.59. The van der Waals surface area contributed by atoms with Crippen LogP contribution in [-0.2, 0) is 0 Å². The molecule has 0 spiro atoms. The molecule has 2 rings (SSSR count).